The van der Waals surface area contributed by atoms with Crippen molar-refractivity contribution in [2.24, 2.45) is 5.10 Å². The summed E-state index contributed by atoms with van der Waals surface area (Å²) >= 11 is 0. The van der Waals surface area contributed by atoms with Crippen LogP contribution in [0.4, 0.5) is 0 Å². The van der Waals surface area contributed by atoms with E-state index in [-0.39, 0.29) is 18.3 Å². The molecule has 120 valence electrons. The highest BCUT2D eigenvalue weighted by molar-refractivity contribution is 5.83. The molecule has 0 bridgehead atoms. The molecule has 0 unspecified atom stereocenters. The molecule has 2 aromatic rings. The normalized spacial score (nSPS) is 10.5. The van der Waals surface area contributed by atoms with Crippen LogP contribution in [0.5, 0.6) is 17.2 Å². The number of aromatic hydroxyl groups is 1. The number of hydrogen-bond donors (Lipinski definition) is 2. The molecule has 0 atom stereocenters. The first-order valence-electron chi connectivity index (χ1n) is 6.97. The number of ether oxygens (including phenoxy) is 2. The van der Waals surface area contributed by atoms with Crippen molar-refractivity contribution in [2.45, 2.75) is 6.92 Å². The minimum atomic E-state index is -0.375. The minimum absolute atomic E-state index is 0.00507. The number of carbonyl (C=O) groups excluding carboxylic acids is 1. The number of carbonyl (C=O) groups is 1. The summed E-state index contributed by atoms with van der Waals surface area (Å²) in [5.74, 6) is 0.623. The molecular formula is C17H18N2O4. The number of rotatable bonds is 6. The van der Waals surface area contributed by atoms with Crippen LogP contribution in [0.15, 0.2) is 47.6 Å². The van der Waals surface area contributed by atoms with Gasteiger partial charge in [-0.3, -0.25) is 4.79 Å². The van der Waals surface area contributed by atoms with Gasteiger partial charge in [-0.1, -0.05) is 17.7 Å². The Morgan fingerprint density at radius 1 is 1.26 bits per heavy atom. The van der Waals surface area contributed by atoms with Crippen LogP contribution in [0.3, 0.4) is 0 Å². The number of amides is 1. The second-order valence-corrected chi connectivity index (χ2v) is 4.83. The minimum Gasteiger partial charge on any atom is -0.504 e. The number of nitrogens with one attached hydrogen (secondary N) is 1. The molecule has 2 N–H and O–H groups in total. The highest BCUT2D eigenvalue weighted by Gasteiger charge is 2.02. The third kappa shape index (κ3) is 5.03. The summed E-state index contributed by atoms with van der Waals surface area (Å²) in [5.41, 5.74) is 4.10. The topological polar surface area (TPSA) is 80.2 Å². The zero-order valence-corrected chi connectivity index (χ0v) is 12.9. The van der Waals surface area contributed by atoms with Crippen molar-refractivity contribution in [1.29, 1.82) is 0 Å². The van der Waals surface area contributed by atoms with Gasteiger partial charge in [0.25, 0.3) is 5.91 Å². The summed E-state index contributed by atoms with van der Waals surface area (Å²) in [6.45, 7) is 1.84. The van der Waals surface area contributed by atoms with E-state index in [0.29, 0.717) is 17.1 Å². The number of nitrogens with zero attached hydrogens (tertiary/aromatic N) is 1. The van der Waals surface area contributed by atoms with Crippen LogP contribution in [-0.4, -0.2) is 30.9 Å². The van der Waals surface area contributed by atoms with Crippen molar-refractivity contribution in [3.8, 4) is 17.2 Å². The maximum absolute atomic E-state index is 11.6. The van der Waals surface area contributed by atoms with Crippen LogP contribution >= 0.6 is 0 Å². The molecule has 0 aliphatic carbocycles. The molecule has 23 heavy (non-hydrogen) atoms. The molecule has 1 amide bonds. The summed E-state index contributed by atoms with van der Waals surface area (Å²) in [6.07, 6.45) is 1.42. The molecule has 0 radical (unpaired) electrons. The Morgan fingerprint density at radius 3 is 2.65 bits per heavy atom. The van der Waals surface area contributed by atoms with E-state index in [4.69, 9.17) is 9.47 Å². The lowest BCUT2D eigenvalue weighted by Crippen LogP contribution is -2.24. The van der Waals surface area contributed by atoms with Gasteiger partial charge in [0.05, 0.1) is 13.3 Å². The molecule has 0 saturated heterocycles. The van der Waals surface area contributed by atoms with E-state index in [2.05, 4.69) is 10.5 Å². The van der Waals surface area contributed by atoms with Gasteiger partial charge in [0.1, 0.15) is 5.75 Å². The van der Waals surface area contributed by atoms with E-state index in [9.17, 15) is 9.90 Å². The van der Waals surface area contributed by atoms with E-state index in [1.807, 2.05) is 19.1 Å². The van der Waals surface area contributed by atoms with Crippen molar-refractivity contribution in [2.75, 3.05) is 13.7 Å². The van der Waals surface area contributed by atoms with Gasteiger partial charge in [-0.05, 0) is 42.8 Å². The molecular weight excluding hydrogens is 296 g/mol. The molecule has 0 fully saturated rings. The van der Waals surface area contributed by atoms with Gasteiger partial charge in [-0.2, -0.15) is 5.10 Å². The first-order valence-corrected chi connectivity index (χ1v) is 6.97. The van der Waals surface area contributed by atoms with Crippen LogP contribution in [0.1, 0.15) is 11.1 Å². The SMILES string of the molecule is COc1ccc(/C=N\NC(=O)COc2ccc(C)cc2)cc1O. The second-order valence-electron chi connectivity index (χ2n) is 4.83. The first-order chi connectivity index (χ1) is 11.1. The number of benzene rings is 2. The fraction of sp³-hybridized carbons (Fsp3) is 0.176. The van der Waals surface area contributed by atoms with E-state index >= 15 is 0 Å². The van der Waals surface area contributed by atoms with Crippen molar-refractivity contribution in [3.05, 3.63) is 53.6 Å². The Hall–Kier alpha value is -3.02. The number of aryl methyl sites for hydroxylation is 1. The maximum atomic E-state index is 11.6. The van der Waals surface area contributed by atoms with Crippen molar-refractivity contribution >= 4 is 12.1 Å². The number of phenols is 1. The second kappa shape index (κ2) is 7.84. The predicted octanol–water partition coefficient (Wildman–Crippen LogP) is 2.24. The van der Waals surface area contributed by atoms with Gasteiger partial charge in [0.15, 0.2) is 18.1 Å². The van der Waals surface area contributed by atoms with Gasteiger partial charge in [0, 0.05) is 0 Å². The zero-order valence-electron chi connectivity index (χ0n) is 12.9. The highest BCUT2D eigenvalue weighted by Crippen LogP contribution is 2.25. The summed E-state index contributed by atoms with van der Waals surface area (Å²) < 4.78 is 10.3. The maximum Gasteiger partial charge on any atom is 0.277 e. The molecule has 6 heteroatoms. The Labute approximate surface area is 134 Å². The largest absolute Gasteiger partial charge is 0.504 e. The molecule has 6 nitrogen and oxygen atoms in total. The lowest BCUT2D eigenvalue weighted by molar-refractivity contribution is -0.123. The lowest BCUT2D eigenvalue weighted by Gasteiger charge is -2.05. The number of methoxy groups -OCH3 is 1. The van der Waals surface area contributed by atoms with E-state index < -0.39 is 0 Å². The van der Waals surface area contributed by atoms with Crippen molar-refractivity contribution in [1.82, 2.24) is 5.43 Å². The van der Waals surface area contributed by atoms with E-state index in [1.54, 1.807) is 24.3 Å². The highest BCUT2D eigenvalue weighted by atomic mass is 16.5. The van der Waals surface area contributed by atoms with Crippen LogP contribution in [0.25, 0.3) is 0 Å². The van der Waals surface area contributed by atoms with Gasteiger partial charge in [0.2, 0.25) is 0 Å². The lowest BCUT2D eigenvalue weighted by atomic mass is 10.2. The molecule has 0 heterocycles. The van der Waals surface area contributed by atoms with Crippen molar-refractivity contribution in [3.63, 3.8) is 0 Å². The summed E-state index contributed by atoms with van der Waals surface area (Å²) in [5, 5.41) is 13.4. The fourth-order valence-corrected chi connectivity index (χ4v) is 1.78. The zero-order chi connectivity index (χ0) is 16.7. The number of hydrazone groups is 1. The molecule has 0 spiro atoms. The van der Waals surface area contributed by atoms with E-state index in [0.717, 1.165) is 5.56 Å². The average Bonchev–Trinajstić information content (AvgIpc) is 2.54. The Bertz CT molecular complexity index is 696. The van der Waals surface area contributed by atoms with Crippen LogP contribution in [-0.2, 0) is 4.79 Å². The molecule has 0 saturated carbocycles. The third-order valence-electron chi connectivity index (χ3n) is 3.00. The molecule has 0 aliphatic heterocycles. The van der Waals surface area contributed by atoms with Crippen molar-refractivity contribution < 1.29 is 19.4 Å². The smallest absolute Gasteiger partial charge is 0.277 e. The molecule has 2 aromatic carbocycles. The fourth-order valence-electron chi connectivity index (χ4n) is 1.78. The summed E-state index contributed by atoms with van der Waals surface area (Å²) in [4.78, 5) is 11.6. The Morgan fingerprint density at radius 2 is 2.00 bits per heavy atom. The average molecular weight is 314 g/mol. The monoisotopic (exact) mass is 314 g/mol. The Kier molecular flexibility index (Phi) is 5.57. The van der Waals surface area contributed by atoms with Gasteiger partial charge in [-0.15, -0.1) is 0 Å². The van der Waals surface area contributed by atoms with Crippen LogP contribution < -0.4 is 14.9 Å². The first kappa shape index (κ1) is 16.4. The number of phenolic OH excluding ortho intramolecular Hbond substituents is 1. The number of hydrogen-bond acceptors (Lipinski definition) is 5. The summed E-state index contributed by atoms with van der Waals surface area (Å²) in [7, 11) is 1.47. The Balaban J connectivity index is 1.81. The standard InChI is InChI=1S/C17H18N2O4/c1-12-3-6-14(7-4-12)23-11-17(21)19-18-10-13-5-8-16(22-2)15(20)9-13/h3-10,20H,11H2,1-2H3,(H,19,21)/b18-10-. The molecule has 0 aliphatic rings. The van der Waals surface area contributed by atoms with Crippen LogP contribution in [0, 0.1) is 6.92 Å². The quantitative estimate of drug-likeness (QED) is 0.633. The van der Waals surface area contributed by atoms with E-state index in [1.165, 1.54) is 19.4 Å². The molecule has 0 aromatic heterocycles. The van der Waals surface area contributed by atoms with Crippen LogP contribution in [0.2, 0.25) is 0 Å². The summed E-state index contributed by atoms with van der Waals surface area (Å²) in [6, 6.07) is 12.2. The predicted molar refractivity (Wildman–Crippen MR) is 87.1 cm³/mol. The van der Waals surface area contributed by atoms with Gasteiger partial charge in [-0.25, -0.2) is 5.43 Å². The molecule has 2 rings (SSSR count). The van der Waals surface area contributed by atoms with Gasteiger partial charge >= 0.3 is 0 Å². The van der Waals surface area contributed by atoms with Gasteiger partial charge < -0.3 is 14.6 Å². The third-order valence-corrected chi connectivity index (χ3v) is 3.00.